The van der Waals surface area contributed by atoms with Gasteiger partial charge in [-0.05, 0) is 77.0 Å². The fourth-order valence-electron chi connectivity index (χ4n) is 4.75. The van der Waals surface area contributed by atoms with Crippen molar-refractivity contribution in [3.05, 3.63) is 60.8 Å². The van der Waals surface area contributed by atoms with E-state index in [1.807, 2.05) is 0 Å². The molecule has 3 unspecified atom stereocenters. The minimum Gasteiger partial charge on any atom is -0.457 e. The van der Waals surface area contributed by atoms with Gasteiger partial charge in [-0.15, -0.1) is 0 Å². The number of esters is 1. The SMILES string of the molecule is CC/C=C\C/C=C\C/C=C\C/C=C\CCCCCOCC(COP(=O)(O)OCC(O)CO)OC(=O)CCCCCCC/C=C\CCCCCC. The fourth-order valence-corrected chi connectivity index (χ4v) is 5.54. The monoisotopic (exact) mass is 726 g/mol. The van der Waals surface area contributed by atoms with E-state index in [0.29, 0.717) is 13.0 Å². The Kier molecular flexibility index (Phi) is 35.6. The quantitative estimate of drug-likeness (QED) is 0.0250. The summed E-state index contributed by atoms with van der Waals surface area (Å²) in [6, 6.07) is 0. The van der Waals surface area contributed by atoms with Crippen molar-refractivity contribution in [3.8, 4) is 0 Å². The van der Waals surface area contributed by atoms with Crippen LogP contribution in [0, 0.1) is 0 Å². The number of rotatable bonds is 36. The first-order chi connectivity index (χ1) is 24.3. The van der Waals surface area contributed by atoms with Crippen molar-refractivity contribution in [2.24, 2.45) is 0 Å². The Balaban J connectivity index is 4.32. The van der Waals surface area contributed by atoms with Crippen LogP contribution in [0.4, 0.5) is 0 Å². The third kappa shape index (κ3) is 36.0. The van der Waals surface area contributed by atoms with Gasteiger partial charge in [-0.2, -0.15) is 0 Å². The number of ether oxygens (including phenoxy) is 2. The fraction of sp³-hybridized carbons (Fsp3) is 0.725. The van der Waals surface area contributed by atoms with Crippen molar-refractivity contribution in [1.82, 2.24) is 0 Å². The number of carbonyl (C=O) groups is 1. The second kappa shape index (κ2) is 36.9. The molecule has 0 aromatic rings. The molecule has 0 aliphatic carbocycles. The minimum atomic E-state index is -4.52. The molecule has 9 nitrogen and oxygen atoms in total. The lowest BCUT2D eigenvalue weighted by molar-refractivity contribution is -0.154. The van der Waals surface area contributed by atoms with Gasteiger partial charge in [-0.3, -0.25) is 13.8 Å². The second-order valence-electron chi connectivity index (χ2n) is 12.6. The molecule has 0 spiro atoms. The lowest BCUT2D eigenvalue weighted by Crippen LogP contribution is -2.29. The summed E-state index contributed by atoms with van der Waals surface area (Å²) in [5.41, 5.74) is 0. The van der Waals surface area contributed by atoms with Gasteiger partial charge < -0.3 is 24.6 Å². The highest BCUT2D eigenvalue weighted by atomic mass is 31.2. The van der Waals surface area contributed by atoms with E-state index in [9.17, 15) is 19.4 Å². The molecular weight excluding hydrogens is 655 g/mol. The van der Waals surface area contributed by atoms with Crippen LogP contribution in [0.2, 0.25) is 0 Å². The number of unbranched alkanes of at least 4 members (excludes halogenated alkanes) is 12. The van der Waals surface area contributed by atoms with E-state index in [2.05, 4.69) is 74.6 Å². The van der Waals surface area contributed by atoms with E-state index < -0.39 is 45.8 Å². The van der Waals surface area contributed by atoms with Gasteiger partial charge in [0.25, 0.3) is 0 Å². The zero-order chi connectivity index (χ0) is 36.8. The van der Waals surface area contributed by atoms with E-state index in [1.165, 1.54) is 32.1 Å². The van der Waals surface area contributed by atoms with E-state index in [1.54, 1.807) is 0 Å². The topological polar surface area (TPSA) is 132 Å². The predicted octanol–water partition coefficient (Wildman–Crippen LogP) is 10.0. The first kappa shape index (κ1) is 48.2. The van der Waals surface area contributed by atoms with Gasteiger partial charge in [-0.25, -0.2) is 4.57 Å². The molecule has 0 amide bonds. The van der Waals surface area contributed by atoms with Gasteiger partial charge in [0, 0.05) is 13.0 Å². The lowest BCUT2D eigenvalue weighted by atomic mass is 10.1. The number of hydrogen-bond acceptors (Lipinski definition) is 8. The number of phosphoric ester groups is 1. The highest BCUT2D eigenvalue weighted by Gasteiger charge is 2.26. The Morgan fingerprint density at radius 3 is 1.74 bits per heavy atom. The standard InChI is InChI=1S/C40H71O9P/c1-3-5-7-9-11-13-15-17-18-19-21-23-25-27-29-31-33-46-36-39(37-48-50(44,45)47-35-38(42)34-41)49-40(43)32-30-28-26-24-22-20-16-14-12-10-8-6-4-2/h5,7,11,13-14,16-18,21,23,38-39,41-42H,3-4,6,8-10,12,15,19-20,22,24-37H2,1-2H3,(H,44,45)/b7-5-,13-11-,16-14-,18-17-,23-21-. The largest absolute Gasteiger partial charge is 0.472 e. The number of aliphatic hydroxyl groups is 2. The second-order valence-corrected chi connectivity index (χ2v) is 14.0. The zero-order valence-corrected chi connectivity index (χ0v) is 32.2. The van der Waals surface area contributed by atoms with E-state index in [4.69, 9.17) is 23.6 Å². The molecule has 0 saturated carbocycles. The van der Waals surface area contributed by atoms with E-state index in [-0.39, 0.29) is 13.0 Å². The molecule has 0 aliphatic rings. The van der Waals surface area contributed by atoms with Crippen LogP contribution in [0.5, 0.6) is 0 Å². The summed E-state index contributed by atoms with van der Waals surface area (Å²) in [5.74, 6) is -0.407. The number of phosphoric acid groups is 1. The van der Waals surface area contributed by atoms with E-state index >= 15 is 0 Å². The Morgan fingerprint density at radius 2 is 1.14 bits per heavy atom. The highest BCUT2D eigenvalue weighted by molar-refractivity contribution is 7.47. The van der Waals surface area contributed by atoms with Crippen molar-refractivity contribution < 1.29 is 43.0 Å². The molecule has 0 aromatic carbocycles. The summed E-state index contributed by atoms with van der Waals surface area (Å²) >= 11 is 0. The molecule has 10 heteroatoms. The summed E-state index contributed by atoms with van der Waals surface area (Å²) in [5, 5.41) is 18.3. The summed E-state index contributed by atoms with van der Waals surface area (Å²) in [6.45, 7) is 3.27. The third-order valence-electron chi connectivity index (χ3n) is 7.69. The molecular formula is C40H71O9P. The van der Waals surface area contributed by atoms with Crippen molar-refractivity contribution >= 4 is 13.8 Å². The maximum atomic E-state index is 12.5. The van der Waals surface area contributed by atoms with Crippen LogP contribution < -0.4 is 0 Å². The molecule has 3 N–H and O–H groups in total. The smallest absolute Gasteiger partial charge is 0.457 e. The number of hydrogen-bond donors (Lipinski definition) is 3. The molecule has 0 heterocycles. The van der Waals surface area contributed by atoms with E-state index in [0.717, 1.165) is 83.5 Å². The van der Waals surface area contributed by atoms with Gasteiger partial charge in [0.2, 0.25) is 0 Å². The summed E-state index contributed by atoms with van der Waals surface area (Å²) < 4.78 is 33.2. The number of aliphatic hydroxyl groups excluding tert-OH is 2. The molecule has 0 rings (SSSR count). The Hall–Kier alpha value is -1.84. The molecule has 0 aliphatic heterocycles. The van der Waals surface area contributed by atoms with Crippen LogP contribution in [0.3, 0.4) is 0 Å². The number of carbonyl (C=O) groups excluding carboxylic acids is 1. The maximum Gasteiger partial charge on any atom is 0.472 e. The zero-order valence-electron chi connectivity index (χ0n) is 31.3. The first-order valence-electron chi connectivity index (χ1n) is 19.3. The van der Waals surface area contributed by atoms with Crippen molar-refractivity contribution in [3.63, 3.8) is 0 Å². The third-order valence-corrected chi connectivity index (χ3v) is 8.64. The van der Waals surface area contributed by atoms with Gasteiger partial charge in [0.1, 0.15) is 12.2 Å². The highest BCUT2D eigenvalue weighted by Crippen LogP contribution is 2.43. The van der Waals surface area contributed by atoms with Crippen LogP contribution >= 0.6 is 7.82 Å². The Bertz CT molecular complexity index is 960. The first-order valence-corrected chi connectivity index (χ1v) is 20.8. The van der Waals surface area contributed by atoms with Gasteiger partial charge in [0.15, 0.2) is 0 Å². The normalized spacial score (nSPS) is 14.9. The number of allylic oxidation sites excluding steroid dienone is 10. The molecule has 0 bridgehead atoms. The van der Waals surface area contributed by atoms with Crippen LogP contribution in [0.25, 0.3) is 0 Å². The molecule has 0 saturated heterocycles. The molecule has 0 radical (unpaired) electrons. The van der Waals surface area contributed by atoms with Crippen LogP contribution in [-0.4, -0.2) is 66.3 Å². The molecule has 0 aromatic heterocycles. The van der Waals surface area contributed by atoms with Gasteiger partial charge in [0.05, 0.1) is 26.4 Å². The molecule has 290 valence electrons. The molecule has 50 heavy (non-hydrogen) atoms. The van der Waals surface area contributed by atoms with Crippen molar-refractivity contribution in [2.75, 3.05) is 33.0 Å². The van der Waals surface area contributed by atoms with Crippen LogP contribution in [-0.2, 0) is 27.9 Å². The van der Waals surface area contributed by atoms with Crippen molar-refractivity contribution in [2.45, 2.75) is 154 Å². The molecule has 0 fully saturated rings. The average molecular weight is 727 g/mol. The summed E-state index contributed by atoms with van der Waals surface area (Å²) in [4.78, 5) is 22.5. The van der Waals surface area contributed by atoms with Crippen LogP contribution in [0.15, 0.2) is 60.8 Å². The average Bonchev–Trinajstić information content (AvgIpc) is 3.10. The summed E-state index contributed by atoms with van der Waals surface area (Å²) in [6.07, 6.45) is 40.4. The minimum absolute atomic E-state index is 0.0218. The van der Waals surface area contributed by atoms with Gasteiger partial charge in [-0.1, -0.05) is 120 Å². The van der Waals surface area contributed by atoms with Crippen LogP contribution in [0.1, 0.15) is 142 Å². The maximum absolute atomic E-state index is 12.5. The lowest BCUT2D eigenvalue weighted by Gasteiger charge is -2.20. The summed E-state index contributed by atoms with van der Waals surface area (Å²) in [7, 11) is -4.52. The van der Waals surface area contributed by atoms with Gasteiger partial charge >= 0.3 is 13.8 Å². The molecule has 3 atom stereocenters. The predicted molar refractivity (Wildman–Crippen MR) is 205 cm³/mol. The Labute approximate surface area is 304 Å². The Morgan fingerprint density at radius 1 is 0.640 bits per heavy atom. The van der Waals surface area contributed by atoms with Crippen molar-refractivity contribution in [1.29, 1.82) is 0 Å².